The van der Waals surface area contributed by atoms with Crippen LogP contribution in [0.5, 0.6) is 0 Å². The fourth-order valence-corrected chi connectivity index (χ4v) is 1.66. The van der Waals surface area contributed by atoms with Crippen molar-refractivity contribution >= 4 is 11.7 Å². The predicted octanol–water partition coefficient (Wildman–Crippen LogP) is 1.43. The highest BCUT2D eigenvalue weighted by atomic mass is 16.4. The molecule has 0 bridgehead atoms. The first-order chi connectivity index (χ1) is 8.56. The average molecular weight is 246 g/mol. The topological polar surface area (TPSA) is 80.0 Å². The van der Waals surface area contributed by atoms with E-state index >= 15 is 0 Å². The van der Waals surface area contributed by atoms with Crippen LogP contribution >= 0.6 is 0 Å². The number of carboxylic acids is 1. The van der Waals surface area contributed by atoms with Crippen molar-refractivity contribution in [2.24, 2.45) is 7.05 Å². The molecule has 94 valence electrons. The Hall–Kier alpha value is -2.37. The van der Waals surface area contributed by atoms with Gasteiger partial charge in [-0.3, -0.25) is 4.68 Å². The van der Waals surface area contributed by atoms with Crippen LogP contribution in [0.15, 0.2) is 24.5 Å². The zero-order chi connectivity index (χ0) is 13.1. The summed E-state index contributed by atoms with van der Waals surface area (Å²) in [5, 5.41) is 16.2. The Morgan fingerprint density at radius 2 is 2.28 bits per heavy atom. The van der Waals surface area contributed by atoms with Crippen molar-refractivity contribution in [2.75, 3.05) is 5.32 Å². The smallest absolute Gasteiger partial charge is 0.335 e. The van der Waals surface area contributed by atoms with Gasteiger partial charge >= 0.3 is 5.97 Å². The molecule has 18 heavy (non-hydrogen) atoms. The zero-order valence-electron chi connectivity index (χ0n) is 10.2. The van der Waals surface area contributed by atoms with Gasteiger partial charge in [0.2, 0.25) is 0 Å². The lowest BCUT2D eigenvalue weighted by molar-refractivity contribution is 0.0696. The van der Waals surface area contributed by atoms with Crippen LogP contribution in [0.1, 0.15) is 21.7 Å². The van der Waals surface area contributed by atoms with Crippen LogP contribution in [-0.4, -0.2) is 25.8 Å². The molecule has 0 spiro atoms. The summed E-state index contributed by atoms with van der Waals surface area (Å²) in [6.45, 7) is 2.28. The van der Waals surface area contributed by atoms with E-state index < -0.39 is 5.97 Å². The number of anilines is 1. The molecular formula is C12H14N4O2. The Labute approximate surface area is 104 Å². The second-order valence-electron chi connectivity index (χ2n) is 4.02. The van der Waals surface area contributed by atoms with E-state index in [1.807, 2.05) is 7.05 Å². The molecule has 1 aromatic carbocycles. The van der Waals surface area contributed by atoms with Crippen molar-refractivity contribution in [1.29, 1.82) is 0 Å². The molecule has 0 fully saturated rings. The number of aromatic nitrogens is 3. The summed E-state index contributed by atoms with van der Waals surface area (Å²) in [5.41, 5.74) is 1.89. The van der Waals surface area contributed by atoms with Gasteiger partial charge < -0.3 is 10.4 Å². The maximum Gasteiger partial charge on any atom is 0.335 e. The van der Waals surface area contributed by atoms with Gasteiger partial charge in [0.15, 0.2) is 5.82 Å². The van der Waals surface area contributed by atoms with E-state index in [-0.39, 0.29) is 0 Å². The van der Waals surface area contributed by atoms with Crippen molar-refractivity contribution in [3.63, 3.8) is 0 Å². The maximum absolute atomic E-state index is 10.9. The van der Waals surface area contributed by atoms with Crippen molar-refractivity contribution in [2.45, 2.75) is 13.5 Å². The largest absolute Gasteiger partial charge is 0.478 e. The molecule has 1 aromatic heterocycles. The van der Waals surface area contributed by atoms with Gasteiger partial charge in [-0.2, -0.15) is 5.10 Å². The Balaban J connectivity index is 2.06. The Kier molecular flexibility index (Phi) is 3.27. The summed E-state index contributed by atoms with van der Waals surface area (Å²) in [6, 6.07) is 5.12. The first-order valence-electron chi connectivity index (χ1n) is 5.48. The van der Waals surface area contributed by atoms with Crippen LogP contribution in [-0.2, 0) is 13.6 Å². The molecule has 0 atom stereocenters. The van der Waals surface area contributed by atoms with E-state index in [0.29, 0.717) is 17.9 Å². The van der Waals surface area contributed by atoms with E-state index in [2.05, 4.69) is 15.4 Å². The number of rotatable bonds is 4. The van der Waals surface area contributed by atoms with E-state index in [9.17, 15) is 4.79 Å². The number of nitrogens with one attached hydrogen (secondary N) is 1. The zero-order valence-corrected chi connectivity index (χ0v) is 10.2. The number of benzene rings is 1. The molecular weight excluding hydrogens is 232 g/mol. The second kappa shape index (κ2) is 4.87. The first kappa shape index (κ1) is 12.1. The van der Waals surface area contributed by atoms with Gasteiger partial charge in [-0.1, -0.05) is 0 Å². The molecule has 6 heteroatoms. The van der Waals surface area contributed by atoms with Crippen LogP contribution < -0.4 is 5.32 Å². The molecule has 6 nitrogen and oxygen atoms in total. The highest BCUT2D eigenvalue weighted by Crippen LogP contribution is 2.15. The number of aromatic carboxylic acids is 1. The normalized spacial score (nSPS) is 10.3. The Morgan fingerprint density at radius 3 is 2.83 bits per heavy atom. The molecule has 0 saturated carbocycles. The van der Waals surface area contributed by atoms with Gasteiger partial charge in [0, 0.05) is 12.7 Å². The molecule has 0 saturated heterocycles. The number of hydrogen-bond donors (Lipinski definition) is 2. The minimum Gasteiger partial charge on any atom is -0.478 e. The molecule has 0 unspecified atom stereocenters. The Morgan fingerprint density at radius 1 is 1.50 bits per heavy atom. The summed E-state index contributed by atoms with van der Waals surface area (Å²) in [6.07, 6.45) is 1.63. The minimum atomic E-state index is -0.912. The first-order valence-corrected chi connectivity index (χ1v) is 5.48. The van der Waals surface area contributed by atoms with Crippen LogP contribution in [0, 0.1) is 6.92 Å². The highest BCUT2D eigenvalue weighted by molar-refractivity contribution is 5.89. The van der Waals surface area contributed by atoms with Gasteiger partial charge in [-0.05, 0) is 30.7 Å². The molecule has 0 radical (unpaired) electrons. The average Bonchev–Trinajstić information content (AvgIpc) is 2.72. The molecule has 1 heterocycles. The summed E-state index contributed by atoms with van der Waals surface area (Å²) >= 11 is 0. The molecule has 2 N–H and O–H groups in total. The van der Waals surface area contributed by atoms with Gasteiger partial charge in [0.25, 0.3) is 0 Å². The molecule has 0 aliphatic heterocycles. The van der Waals surface area contributed by atoms with E-state index in [1.54, 1.807) is 36.1 Å². The fraction of sp³-hybridized carbons (Fsp3) is 0.250. The monoisotopic (exact) mass is 246 g/mol. The lowest BCUT2D eigenvalue weighted by atomic mass is 10.1. The van der Waals surface area contributed by atoms with Crippen molar-refractivity contribution < 1.29 is 9.90 Å². The van der Waals surface area contributed by atoms with Crippen LogP contribution in [0.25, 0.3) is 0 Å². The van der Waals surface area contributed by atoms with Crippen molar-refractivity contribution in [3.05, 3.63) is 41.5 Å². The summed E-state index contributed by atoms with van der Waals surface area (Å²) in [4.78, 5) is 15.0. The molecule has 2 rings (SSSR count). The number of nitrogens with zero attached hydrogens (tertiary/aromatic N) is 3. The number of aryl methyl sites for hydroxylation is 2. The fourth-order valence-electron chi connectivity index (χ4n) is 1.66. The van der Waals surface area contributed by atoms with Gasteiger partial charge in [-0.15, -0.1) is 0 Å². The number of carbonyl (C=O) groups is 1. The molecule has 0 aliphatic carbocycles. The lowest BCUT2D eigenvalue weighted by Crippen LogP contribution is -2.04. The third kappa shape index (κ3) is 2.65. The lowest BCUT2D eigenvalue weighted by Gasteiger charge is -2.07. The molecule has 2 aromatic rings. The van der Waals surface area contributed by atoms with E-state index in [4.69, 9.17) is 5.11 Å². The third-order valence-corrected chi connectivity index (χ3v) is 2.55. The molecule has 0 aliphatic rings. The second-order valence-corrected chi connectivity index (χ2v) is 4.02. The van der Waals surface area contributed by atoms with Crippen molar-refractivity contribution in [1.82, 2.24) is 14.8 Å². The highest BCUT2D eigenvalue weighted by Gasteiger charge is 2.07. The van der Waals surface area contributed by atoms with Crippen LogP contribution in [0.2, 0.25) is 0 Å². The van der Waals surface area contributed by atoms with Gasteiger partial charge in [-0.25, -0.2) is 9.78 Å². The van der Waals surface area contributed by atoms with Crippen LogP contribution in [0.4, 0.5) is 5.69 Å². The SMILES string of the molecule is Cc1cc(NCc2ncn(C)n2)ccc1C(=O)O. The van der Waals surface area contributed by atoms with Crippen LogP contribution in [0.3, 0.4) is 0 Å². The third-order valence-electron chi connectivity index (χ3n) is 2.55. The maximum atomic E-state index is 10.9. The Bertz CT molecular complexity index is 577. The quantitative estimate of drug-likeness (QED) is 0.853. The van der Waals surface area contributed by atoms with Crippen molar-refractivity contribution in [3.8, 4) is 0 Å². The van der Waals surface area contributed by atoms with Gasteiger partial charge in [0.05, 0.1) is 12.1 Å². The number of carboxylic acid groups (broad SMARTS) is 1. The summed E-state index contributed by atoms with van der Waals surface area (Å²) in [5.74, 6) is -0.220. The summed E-state index contributed by atoms with van der Waals surface area (Å²) in [7, 11) is 1.81. The minimum absolute atomic E-state index is 0.316. The standard InChI is InChI=1S/C12H14N4O2/c1-8-5-9(3-4-10(8)12(17)18)13-6-11-14-7-16(2)15-11/h3-5,7,13H,6H2,1-2H3,(H,17,18). The molecule has 0 amide bonds. The summed E-state index contributed by atoms with van der Waals surface area (Å²) < 4.78 is 1.63. The predicted molar refractivity (Wildman–Crippen MR) is 66.5 cm³/mol. The van der Waals surface area contributed by atoms with E-state index in [0.717, 1.165) is 11.3 Å². The van der Waals surface area contributed by atoms with Gasteiger partial charge in [0.1, 0.15) is 6.33 Å². The van der Waals surface area contributed by atoms with E-state index in [1.165, 1.54) is 0 Å². The number of hydrogen-bond acceptors (Lipinski definition) is 4.